The largest absolute Gasteiger partial charge is 0.462 e. The second-order valence-electron chi connectivity index (χ2n) is 18.1. The van der Waals surface area contributed by atoms with Gasteiger partial charge in [-0.05, 0) is 110 Å². The van der Waals surface area contributed by atoms with Crippen molar-refractivity contribution in [1.29, 1.82) is 0 Å². The second kappa shape index (κ2) is 12.2. The Labute approximate surface area is 286 Å². The lowest BCUT2D eigenvalue weighted by Crippen LogP contribution is -2.68. The van der Waals surface area contributed by atoms with Crippen LogP contribution in [-0.4, -0.2) is 98.3 Å². The average molecular weight is 679 g/mol. The molecule has 17 atom stereocenters. The second-order valence-corrected chi connectivity index (χ2v) is 18.1. The fourth-order valence-corrected chi connectivity index (χ4v) is 13.4. The van der Waals surface area contributed by atoms with Gasteiger partial charge in [0.1, 0.15) is 36.6 Å². The summed E-state index contributed by atoms with van der Waals surface area (Å²) in [6.45, 7) is 18.0. The molecule has 6 rings (SSSR count). The normalized spacial score (nSPS) is 50.9. The molecule has 6 N–H and O–H groups in total. The van der Waals surface area contributed by atoms with Crippen molar-refractivity contribution >= 4 is 5.97 Å². The fourth-order valence-electron chi connectivity index (χ4n) is 13.4. The summed E-state index contributed by atoms with van der Waals surface area (Å²) in [6.07, 6.45) is -1.07. The van der Waals surface area contributed by atoms with Crippen molar-refractivity contribution < 1.29 is 49.6 Å². The van der Waals surface area contributed by atoms with E-state index < -0.39 is 49.5 Å². The summed E-state index contributed by atoms with van der Waals surface area (Å²) >= 11 is 0. The first-order chi connectivity index (χ1) is 22.3. The Kier molecular flexibility index (Phi) is 9.36. The zero-order valence-electron chi connectivity index (χ0n) is 30.1. The standard InChI is InChI=1S/C38H62O10/c1-19(2)29(42)23(41)15-20(3)22-9-14-38-18-37(22,38)13-10-25-35(7)12-11-27(46-21(4)40)34(5,6)26(35)16-28(36(25,38)8)48-33-32(45)31(44)30(43)24(17-39)47-33/h20,22-33,39,41-45H,1,9-18H2,2-8H3/t20-,22-,23+,24+,25+,26-,27+,28+,29+,30+,31-,32+,33-,35+,36-,37+,38+/m0/s1. The van der Waals surface area contributed by atoms with Crippen molar-refractivity contribution in [3.63, 3.8) is 0 Å². The van der Waals surface area contributed by atoms with E-state index in [1.54, 1.807) is 6.92 Å². The van der Waals surface area contributed by atoms with Crippen LogP contribution in [0.2, 0.25) is 0 Å². The van der Waals surface area contributed by atoms with Crippen molar-refractivity contribution in [2.75, 3.05) is 6.61 Å². The molecule has 5 aliphatic carbocycles. The van der Waals surface area contributed by atoms with Gasteiger partial charge >= 0.3 is 5.97 Å². The highest BCUT2D eigenvalue weighted by Gasteiger charge is 2.85. The first kappa shape index (κ1) is 36.7. The van der Waals surface area contributed by atoms with Gasteiger partial charge in [-0.2, -0.15) is 0 Å². The number of hydrogen-bond donors (Lipinski definition) is 6. The molecular weight excluding hydrogens is 616 g/mol. The average Bonchev–Trinajstić information content (AvgIpc) is 3.58. The highest BCUT2D eigenvalue weighted by Crippen LogP contribution is 2.91. The molecule has 0 aromatic rings. The smallest absolute Gasteiger partial charge is 0.302 e. The van der Waals surface area contributed by atoms with Crippen molar-refractivity contribution in [3.8, 4) is 0 Å². The number of esters is 1. The Balaban J connectivity index is 1.37. The van der Waals surface area contributed by atoms with E-state index in [0.717, 1.165) is 44.9 Å². The molecule has 0 aromatic carbocycles. The molecule has 0 unspecified atom stereocenters. The molecule has 6 fully saturated rings. The zero-order chi connectivity index (χ0) is 35.4. The van der Waals surface area contributed by atoms with Gasteiger partial charge in [0.15, 0.2) is 6.29 Å². The monoisotopic (exact) mass is 678 g/mol. The predicted molar refractivity (Wildman–Crippen MR) is 177 cm³/mol. The van der Waals surface area contributed by atoms with E-state index in [1.165, 1.54) is 6.92 Å². The quantitative estimate of drug-likeness (QED) is 0.121. The van der Waals surface area contributed by atoms with Gasteiger partial charge in [0.05, 0.1) is 18.8 Å². The molecule has 1 heterocycles. The summed E-state index contributed by atoms with van der Waals surface area (Å²) in [6, 6.07) is 0. The summed E-state index contributed by atoms with van der Waals surface area (Å²) < 4.78 is 18.9. The molecular formula is C38H62O10. The fraction of sp³-hybridized carbons (Fsp3) is 0.921. The van der Waals surface area contributed by atoms with Crippen molar-refractivity contribution in [2.45, 2.75) is 161 Å². The van der Waals surface area contributed by atoms with Gasteiger partial charge in [0, 0.05) is 17.8 Å². The molecule has 6 aliphatic rings. The van der Waals surface area contributed by atoms with E-state index in [0.29, 0.717) is 24.3 Å². The number of carbonyl (C=O) groups excluding carboxylic acids is 1. The molecule has 0 amide bonds. The molecule has 0 aromatic heterocycles. The van der Waals surface area contributed by atoms with E-state index in [-0.39, 0.29) is 63.0 Å². The van der Waals surface area contributed by atoms with Gasteiger partial charge < -0.3 is 44.8 Å². The predicted octanol–water partition coefficient (Wildman–Crippen LogP) is 3.48. The minimum absolute atomic E-state index is 0.0244. The highest BCUT2D eigenvalue weighted by molar-refractivity contribution is 5.66. The number of aliphatic hydroxyl groups excluding tert-OH is 6. The lowest BCUT2D eigenvalue weighted by Gasteiger charge is -2.69. The van der Waals surface area contributed by atoms with E-state index >= 15 is 0 Å². The Morgan fingerprint density at radius 2 is 1.62 bits per heavy atom. The number of aliphatic hydroxyl groups is 6. The minimum Gasteiger partial charge on any atom is -0.462 e. The molecule has 10 heteroatoms. The van der Waals surface area contributed by atoms with Crippen LogP contribution >= 0.6 is 0 Å². The molecule has 1 saturated heterocycles. The van der Waals surface area contributed by atoms with E-state index in [1.807, 2.05) is 0 Å². The van der Waals surface area contributed by atoms with Crippen LogP contribution in [0.3, 0.4) is 0 Å². The summed E-state index contributed by atoms with van der Waals surface area (Å²) in [7, 11) is 0. The van der Waals surface area contributed by atoms with Crippen LogP contribution in [0.1, 0.15) is 106 Å². The van der Waals surface area contributed by atoms with Gasteiger partial charge in [-0.15, -0.1) is 0 Å². The summed E-state index contributed by atoms with van der Waals surface area (Å²) in [4.78, 5) is 12.2. The Morgan fingerprint density at radius 1 is 0.938 bits per heavy atom. The van der Waals surface area contributed by atoms with Crippen LogP contribution in [-0.2, 0) is 19.0 Å². The number of hydrogen-bond acceptors (Lipinski definition) is 10. The van der Waals surface area contributed by atoms with Gasteiger partial charge in [0.25, 0.3) is 0 Å². The summed E-state index contributed by atoms with van der Waals surface area (Å²) in [5, 5.41) is 63.8. The lowest BCUT2D eigenvalue weighted by molar-refractivity contribution is -0.344. The van der Waals surface area contributed by atoms with Crippen molar-refractivity contribution in [1.82, 2.24) is 0 Å². The third-order valence-electron chi connectivity index (χ3n) is 15.7. The van der Waals surface area contributed by atoms with E-state index in [9.17, 15) is 35.4 Å². The number of ether oxygens (including phenoxy) is 3. The first-order valence-corrected chi connectivity index (χ1v) is 18.5. The maximum absolute atomic E-state index is 12.2. The number of rotatable bonds is 9. The zero-order valence-corrected chi connectivity index (χ0v) is 30.1. The molecule has 5 saturated carbocycles. The van der Waals surface area contributed by atoms with Crippen LogP contribution in [0.4, 0.5) is 0 Å². The molecule has 274 valence electrons. The molecule has 0 radical (unpaired) electrons. The van der Waals surface area contributed by atoms with E-state index in [2.05, 4.69) is 41.2 Å². The minimum atomic E-state index is -1.53. The highest BCUT2D eigenvalue weighted by atomic mass is 16.7. The SMILES string of the molecule is C=C(C)[C@@H](O)[C@H](O)C[C@H](C)[C@@H]1CC[C@]23C[C@]12CC[C@@H]1[C@@]2(C)CC[C@@H](OC(C)=O)C(C)(C)[C@@H]2C[C@@H](O[C@@H]2O[C@H](CO)[C@@H](O)[C@H](O)[C@H]2O)[C@]13C. The van der Waals surface area contributed by atoms with E-state index in [4.69, 9.17) is 14.2 Å². The van der Waals surface area contributed by atoms with Crippen LogP contribution in [0.25, 0.3) is 0 Å². The molecule has 1 aliphatic heterocycles. The molecule has 10 nitrogen and oxygen atoms in total. The molecule has 0 bridgehead atoms. The Hall–Kier alpha value is -1.11. The van der Waals surface area contributed by atoms with Crippen LogP contribution in [0.5, 0.6) is 0 Å². The third kappa shape index (κ3) is 5.05. The molecule has 48 heavy (non-hydrogen) atoms. The number of carbonyl (C=O) groups is 1. The number of fused-ring (bicyclic) bond motifs is 3. The summed E-state index contributed by atoms with van der Waals surface area (Å²) in [5.74, 6) is 0.716. The topological polar surface area (TPSA) is 166 Å². The van der Waals surface area contributed by atoms with Crippen LogP contribution in [0.15, 0.2) is 12.2 Å². The maximum Gasteiger partial charge on any atom is 0.302 e. The van der Waals surface area contributed by atoms with Gasteiger partial charge in [-0.25, -0.2) is 0 Å². The molecule has 0 spiro atoms. The van der Waals surface area contributed by atoms with Crippen molar-refractivity contribution in [3.05, 3.63) is 12.2 Å². The van der Waals surface area contributed by atoms with Gasteiger partial charge in [-0.3, -0.25) is 4.79 Å². The van der Waals surface area contributed by atoms with Gasteiger partial charge in [-0.1, -0.05) is 41.2 Å². The van der Waals surface area contributed by atoms with Gasteiger partial charge in [0.2, 0.25) is 0 Å². The third-order valence-corrected chi connectivity index (χ3v) is 15.7. The first-order valence-electron chi connectivity index (χ1n) is 18.5. The lowest BCUT2D eigenvalue weighted by atomic mass is 9.37. The van der Waals surface area contributed by atoms with Crippen molar-refractivity contribution in [2.24, 2.45) is 50.7 Å². The Bertz CT molecular complexity index is 1250. The summed E-state index contributed by atoms with van der Waals surface area (Å²) in [5.41, 5.74) is -0.0970. The van der Waals surface area contributed by atoms with Crippen LogP contribution < -0.4 is 0 Å². The Morgan fingerprint density at radius 3 is 2.25 bits per heavy atom. The maximum atomic E-state index is 12.2. The van der Waals surface area contributed by atoms with Crippen LogP contribution in [0, 0.1) is 50.7 Å².